The number of methoxy groups -OCH3 is 1. The van der Waals surface area contributed by atoms with Gasteiger partial charge in [-0.2, -0.15) is 5.26 Å². The van der Waals surface area contributed by atoms with Crippen LogP contribution in [0.2, 0.25) is 0 Å². The molecule has 156 valence electrons. The van der Waals surface area contributed by atoms with E-state index in [2.05, 4.69) is 24.3 Å². The average Bonchev–Trinajstić information content (AvgIpc) is 2.75. The Kier molecular flexibility index (Phi) is 6.68. The molecule has 3 rings (SSSR count). The van der Waals surface area contributed by atoms with Crippen molar-refractivity contribution in [3.8, 4) is 17.6 Å². The van der Waals surface area contributed by atoms with E-state index in [0.717, 1.165) is 16.7 Å². The summed E-state index contributed by atoms with van der Waals surface area (Å²) in [6.07, 6.45) is 1.69. The highest BCUT2D eigenvalue weighted by Gasteiger charge is 2.13. The first-order chi connectivity index (χ1) is 14.9. The number of nitriles is 1. The van der Waals surface area contributed by atoms with Gasteiger partial charge in [-0.1, -0.05) is 41.5 Å². The summed E-state index contributed by atoms with van der Waals surface area (Å²) in [5.74, 6) is 1.08. The van der Waals surface area contributed by atoms with E-state index in [-0.39, 0.29) is 5.69 Å². The molecule has 0 aliphatic heterocycles. The van der Waals surface area contributed by atoms with Crippen LogP contribution < -0.4 is 9.47 Å². The van der Waals surface area contributed by atoms with Crippen LogP contribution >= 0.6 is 0 Å². The first kappa shape index (κ1) is 21.6. The van der Waals surface area contributed by atoms with Gasteiger partial charge in [-0.3, -0.25) is 10.1 Å². The maximum absolute atomic E-state index is 10.9. The average molecular weight is 414 g/mol. The number of hydrogen-bond acceptors (Lipinski definition) is 5. The van der Waals surface area contributed by atoms with Crippen LogP contribution in [-0.4, -0.2) is 12.0 Å². The number of nitro groups is 1. The number of allylic oxidation sites excluding steroid dienone is 1. The fourth-order valence-electron chi connectivity index (χ4n) is 3.37. The molecule has 0 N–H and O–H groups in total. The second-order valence-electron chi connectivity index (χ2n) is 7.14. The number of non-ortho nitro benzene ring substituents is 1. The summed E-state index contributed by atoms with van der Waals surface area (Å²) in [7, 11) is 1.56. The Morgan fingerprint density at radius 3 is 2.35 bits per heavy atom. The summed E-state index contributed by atoms with van der Waals surface area (Å²) >= 11 is 0. The topological polar surface area (TPSA) is 85.4 Å². The van der Waals surface area contributed by atoms with Crippen molar-refractivity contribution in [1.29, 1.82) is 5.26 Å². The van der Waals surface area contributed by atoms with Gasteiger partial charge in [0.05, 0.1) is 23.7 Å². The summed E-state index contributed by atoms with van der Waals surface area (Å²) in [4.78, 5) is 10.4. The lowest BCUT2D eigenvalue weighted by Crippen LogP contribution is -2.00. The van der Waals surface area contributed by atoms with Crippen molar-refractivity contribution < 1.29 is 14.4 Å². The van der Waals surface area contributed by atoms with E-state index >= 15 is 0 Å². The van der Waals surface area contributed by atoms with Crippen molar-refractivity contribution in [1.82, 2.24) is 0 Å². The standard InChI is InChI=1S/C25H22N2O4/c1-17-11-18(2)13-19(12-17)16-31-25-21(5-4-6-24(25)30-3)14-22(15-26)20-7-9-23(10-8-20)27(28)29/h4-14H,16H2,1-3H3. The fraction of sp³-hybridized carbons (Fsp3) is 0.160. The van der Waals surface area contributed by atoms with E-state index in [1.807, 2.05) is 26.0 Å². The number of aryl methyl sites for hydroxylation is 2. The molecule has 0 atom stereocenters. The number of para-hydroxylation sites is 1. The van der Waals surface area contributed by atoms with Crippen molar-refractivity contribution >= 4 is 17.3 Å². The van der Waals surface area contributed by atoms with E-state index in [1.165, 1.54) is 12.1 Å². The number of benzene rings is 3. The predicted octanol–water partition coefficient (Wildman–Crippen LogP) is 5.86. The fourth-order valence-corrected chi connectivity index (χ4v) is 3.37. The van der Waals surface area contributed by atoms with E-state index < -0.39 is 4.92 Å². The molecule has 0 aliphatic rings. The maximum atomic E-state index is 10.9. The van der Waals surface area contributed by atoms with Gasteiger partial charge in [-0.25, -0.2) is 0 Å². The zero-order chi connectivity index (χ0) is 22.4. The van der Waals surface area contributed by atoms with E-state index in [0.29, 0.717) is 34.8 Å². The minimum Gasteiger partial charge on any atom is -0.493 e. The summed E-state index contributed by atoms with van der Waals surface area (Å²) in [6, 6.07) is 19.7. The summed E-state index contributed by atoms with van der Waals surface area (Å²) in [5.41, 5.74) is 4.94. The van der Waals surface area contributed by atoms with Crippen molar-refractivity contribution in [3.05, 3.63) is 98.6 Å². The Morgan fingerprint density at radius 1 is 1.10 bits per heavy atom. The lowest BCUT2D eigenvalue weighted by Gasteiger charge is -2.14. The molecule has 0 radical (unpaired) electrons. The van der Waals surface area contributed by atoms with Gasteiger partial charge < -0.3 is 9.47 Å². The van der Waals surface area contributed by atoms with Crippen LogP contribution in [0.5, 0.6) is 11.5 Å². The van der Waals surface area contributed by atoms with Gasteiger partial charge in [-0.15, -0.1) is 0 Å². The van der Waals surface area contributed by atoms with E-state index in [4.69, 9.17) is 9.47 Å². The molecule has 3 aromatic rings. The van der Waals surface area contributed by atoms with Gasteiger partial charge in [0.2, 0.25) is 0 Å². The number of hydrogen-bond donors (Lipinski definition) is 0. The third-order valence-electron chi connectivity index (χ3n) is 4.70. The van der Waals surface area contributed by atoms with Gasteiger partial charge in [0.1, 0.15) is 6.61 Å². The maximum Gasteiger partial charge on any atom is 0.269 e. The van der Waals surface area contributed by atoms with Crippen molar-refractivity contribution in [2.45, 2.75) is 20.5 Å². The molecule has 0 saturated heterocycles. The number of rotatable bonds is 7. The lowest BCUT2D eigenvalue weighted by atomic mass is 10.0. The van der Waals surface area contributed by atoms with Gasteiger partial charge in [0, 0.05) is 17.7 Å². The third-order valence-corrected chi connectivity index (χ3v) is 4.70. The SMILES string of the molecule is COc1cccc(C=C(C#N)c2ccc([N+](=O)[O-])cc2)c1OCc1cc(C)cc(C)c1. The Hall–Kier alpha value is -4.11. The van der Waals surface area contributed by atoms with E-state index in [9.17, 15) is 15.4 Å². The second-order valence-corrected chi connectivity index (χ2v) is 7.14. The van der Waals surface area contributed by atoms with Crippen LogP contribution in [0.25, 0.3) is 11.6 Å². The summed E-state index contributed by atoms with van der Waals surface area (Å²) in [5, 5.41) is 20.6. The van der Waals surface area contributed by atoms with Gasteiger partial charge in [0.25, 0.3) is 5.69 Å². The molecule has 0 bridgehead atoms. The molecular weight excluding hydrogens is 392 g/mol. The number of ether oxygens (including phenoxy) is 2. The first-order valence-corrected chi connectivity index (χ1v) is 9.65. The minimum atomic E-state index is -0.472. The Morgan fingerprint density at radius 2 is 1.77 bits per heavy atom. The van der Waals surface area contributed by atoms with Gasteiger partial charge >= 0.3 is 0 Å². The van der Waals surface area contributed by atoms with Crippen LogP contribution in [0.1, 0.15) is 27.8 Å². The second kappa shape index (κ2) is 9.59. The lowest BCUT2D eigenvalue weighted by molar-refractivity contribution is -0.384. The number of nitro benzene ring substituents is 1. The molecular formula is C25H22N2O4. The van der Waals surface area contributed by atoms with Crippen LogP contribution in [0.3, 0.4) is 0 Å². The predicted molar refractivity (Wildman–Crippen MR) is 120 cm³/mol. The molecule has 6 heteroatoms. The van der Waals surface area contributed by atoms with Crippen LogP contribution in [-0.2, 0) is 6.61 Å². The molecule has 0 unspecified atom stereocenters. The Bertz CT molecular complexity index is 1150. The Labute approximate surface area is 181 Å². The summed E-state index contributed by atoms with van der Waals surface area (Å²) in [6.45, 7) is 4.43. The zero-order valence-electron chi connectivity index (χ0n) is 17.6. The highest BCUT2D eigenvalue weighted by Crippen LogP contribution is 2.34. The molecule has 6 nitrogen and oxygen atoms in total. The van der Waals surface area contributed by atoms with Gasteiger partial charge in [-0.05, 0) is 49.2 Å². The molecule has 0 fully saturated rings. The van der Waals surface area contributed by atoms with Crippen LogP contribution in [0.4, 0.5) is 5.69 Å². The molecule has 3 aromatic carbocycles. The molecule has 31 heavy (non-hydrogen) atoms. The molecule has 0 amide bonds. The highest BCUT2D eigenvalue weighted by molar-refractivity contribution is 5.91. The van der Waals surface area contributed by atoms with Crippen LogP contribution in [0.15, 0.2) is 60.7 Å². The molecule has 0 heterocycles. The Balaban J connectivity index is 1.96. The summed E-state index contributed by atoms with van der Waals surface area (Å²) < 4.78 is 11.6. The van der Waals surface area contributed by atoms with Crippen molar-refractivity contribution in [3.63, 3.8) is 0 Å². The van der Waals surface area contributed by atoms with Crippen molar-refractivity contribution in [2.24, 2.45) is 0 Å². The quantitative estimate of drug-likeness (QED) is 0.209. The van der Waals surface area contributed by atoms with Crippen molar-refractivity contribution in [2.75, 3.05) is 7.11 Å². The smallest absolute Gasteiger partial charge is 0.269 e. The zero-order valence-corrected chi connectivity index (χ0v) is 17.6. The normalized spacial score (nSPS) is 11.0. The molecule has 0 saturated carbocycles. The molecule has 0 aliphatic carbocycles. The highest BCUT2D eigenvalue weighted by atomic mass is 16.6. The monoisotopic (exact) mass is 414 g/mol. The first-order valence-electron chi connectivity index (χ1n) is 9.65. The van der Waals surface area contributed by atoms with E-state index in [1.54, 1.807) is 31.4 Å². The largest absolute Gasteiger partial charge is 0.493 e. The molecule has 0 spiro atoms. The van der Waals surface area contributed by atoms with Gasteiger partial charge in [0.15, 0.2) is 11.5 Å². The molecule has 0 aromatic heterocycles. The minimum absolute atomic E-state index is 0.0279. The number of nitrogens with zero attached hydrogens (tertiary/aromatic N) is 2. The third kappa shape index (κ3) is 5.28. The van der Waals surface area contributed by atoms with Crippen LogP contribution in [0, 0.1) is 35.3 Å².